The molecular formula is C20H29NO5S. The van der Waals surface area contributed by atoms with Gasteiger partial charge in [-0.25, -0.2) is 4.21 Å². The zero-order valence-corrected chi connectivity index (χ0v) is 17.7. The smallest absolute Gasteiger partial charge is 0.322 e. The van der Waals surface area contributed by atoms with E-state index in [4.69, 9.17) is 9.47 Å². The molecule has 1 aliphatic rings. The maximum absolute atomic E-state index is 13.0. The van der Waals surface area contributed by atoms with Gasteiger partial charge in [-0.05, 0) is 57.4 Å². The van der Waals surface area contributed by atoms with Gasteiger partial charge in [-0.15, -0.1) is 0 Å². The van der Waals surface area contributed by atoms with E-state index in [-0.39, 0.29) is 5.92 Å². The fourth-order valence-corrected chi connectivity index (χ4v) is 3.78. The van der Waals surface area contributed by atoms with E-state index in [0.29, 0.717) is 17.9 Å². The van der Waals surface area contributed by atoms with Crippen molar-refractivity contribution in [1.29, 1.82) is 0 Å². The number of ether oxygens (including phenoxy) is 2. The first kappa shape index (κ1) is 21.4. The van der Waals surface area contributed by atoms with Crippen LogP contribution in [0.15, 0.2) is 23.1 Å². The average Bonchev–Trinajstić information content (AvgIpc) is 3.06. The van der Waals surface area contributed by atoms with E-state index in [9.17, 15) is 13.8 Å². The molecule has 1 aromatic rings. The zero-order chi connectivity index (χ0) is 20.4. The second-order valence-corrected chi connectivity index (χ2v) is 9.29. The van der Waals surface area contributed by atoms with Gasteiger partial charge in [0.05, 0.1) is 11.5 Å². The summed E-state index contributed by atoms with van der Waals surface area (Å²) in [6.07, 6.45) is 1.35. The molecule has 2 unspecified atom stereocenters. The molecule has 0 spiro atoms. The third kappa shape index (κ3) is 4.69. The largest absolute Gasteiger partial charge is 0.493 e. The highest BCUT2D eigenvalue weighted by atomic mass is 32.2. The number of carbonyl (C=O) groups is 2. The standard InChI is InChI=1S/C20H29NO5S/c1-7-13(2)20(6,18(23)26-19(3,4)5)17(22)21-27(24)15-8-9-16-14(12-15)10-11-25-16/h8-9,12-13H,7,10-11H2,1-6H3,(H,21,22)/t13-,20?,27?/m0/s1. The van der Waals surface area contributed by atoms with E-state index in [1.807, 2.05) is 13.8 Å². The monoisotopic (exact) mass is 395 g/mol. The summed E-state index contributed by atoms with van der Waals surface area (Å²) in [7, 11) is -1.77. The molecule has 1 N–H and O–H groups in total. The minimum atomic E-state index is -1.77. The molecule has 6 nitrogen and oxygen atoms in total. The van der Waals surface area contributed by atoms with Crippen LogP contribution in [0.1, 0.15) is 53.5 Å². The molecule has 1 aromatic carbocycles. The fraction of sp³-hybridized carbons (Fsp3) is 0.600. The van der Waals surface area contributed by atoms with Gasteiger partial charge in [-0.2, -0.15) is 0 Å². The number of benzene rings is 1. The van der Waals surface area contributed by atoms with Crippen molar-refractivity contribution in [2.24, 2.45) is 11.3 Å². The van der Waals surface area contributed by atoms with Crippen molar-refractivity contribution in [2.75, 3.05) is 6.61 Å². The minimum absolute atomic E-state index is 0.280. The second kappa shape index (κ2) is 8.00. The lowest BCUT2D eigenvalue weighted by Gasteiger charge is -2.34. The summed E-state index contributed by atoms with van der Waals surface area (Å²) < 4.78 is 26.1. The van der Waals surface area contributed by atoms with Crippen molar-refractivity contribution >= 4 is 22.9 Å². The molecule has 1 heterocycles. The summed E-state index contributed by atoms with van der Waals surface area (Å²) in [5, 5.41) is 0. The molecule has 2 rings (SSSR count). The first-order chi connectivity index (χ1) is 12.5. The molecule has 0 aromatic heterocycles. The summed E-state index contributed by atoms with van der Waals surface area (Å²) in [4.78, 5) is 26.3. The number of hydrogen-bond donors (Lipinski definition) is 1. The molecule has 0 fully saturated rings. The van der Waals surface area contributed by atoms with Gasteiger partial charge < -0.3 is 9.47 Å². The highest BCUT2D eigenvalue weighted by Crippen LogP contribution is 2.34. The highest BCUT2D eigenvalue weighted by molar-refractivity contribution is 7.83. The molecule has 1 aliphatic heterocycles. The maximum Gasteiger partial charge on any atom is 0.322 e. The lowest BCUT2D eigenvalue weighted by atomic mass is 9.76. The van der Waals surface area contributed by atoms with Crippen molar-refractivity contribution in [2.45, 2.75) is 64.9 Å². The Hall–Kier alpha value is -1.89. The van der Waals surface area contributed by atoms with Gasteiger partial charge in [0.25, 0.3) is 0 Å². The van der Waals surface area contributed by atoms with Crippen LogP contribution in [-0.4, -0.2) is 28.3 Å². The number of nitrogens with one attached hydrogen (secondary N) is 1. The summed E-state index contributed by atoms with van der Waals surface area (Å²) in [6, 6.07) is 5.19. The van der Waals surface area contributed by atoms with Crippen LogP contribution in [0.2, 0.25) is 0 Å². The van der Waals surface area contributed by atoms with E-state index in [0.717, 1.165) is 17.7 Å². The van der Waals surface area contributed by atoms with Crippen LogP contribution in [0.3, 0.4) is 0 Å². The van der Waals surface area contributed by atoms with Crippen LogP contribution in [0.4, 0.5) is 0 Å². The highest BCUT2D eigenvalue weighted by Gasteiger charge is 2.48. The van der Waals surface area contributed by atoms with E-state index in [2.05, 4.69) is 4.72 Å². The number of carbonyl (C=O) groups excluding carboxylic acids is 2. The SMILES string of the molecule is CC[C@H](C)C(C)(C(=O)NS(=O)c1ccc2c(c1)CCO2)C(=O)OC(C)(C)C. The Kier molecular flexibility index (Phi) is 6.35. The topological polar surface area (TPSA) is 81.7 Å². The Morgan fingerprint density at radius 1 is 1.30 bits per heavy atom. The quantitative estimate of drug-likeness (QED) is 0.591. The third-order valence-electron chi connectivity index (χ3n) is 4.95. The maximum atomic E-state index is 13.0. The third-order valence-corrected chi connectivity index (χ3v) is 6.01. The average molecular weight is 396 g/mol. The first-order valence-electron chi connectivity index (χ1n) is 9.21. The Morgan fingerprint density at radius 3 is 2.56 bits per heavy atom. The Morgan fingerprint density at radius 2 is 1.96 bits per heavy atom. The Balaban J connectivity index is 2.22. The van der Waals surface area contributed by atoms with Gasteiger partial charge in [-0.3, -0.25) is 14.3 Å². The lowest BCUT2D eigenvalue weighted by Crippen LogP contribution is -2.51. The van der Waals surface area contributed by atoms with Crippen molar-refractivity contribution in [3.8, 4) is 5.75 Å². The molecule has 0 radical (unpaired) electrons. The Bertz CT molecular complexity index is 755. The number of hydrogen-bond acceptors (Lipinski definition) is 5. The van der Waals surface area contributed by atoms with E-state index < -0.39 is 33.9 Å². The fourth-order valence-electron chi connectivity index (χ4n) is 2.84. The predicted octanol–water partition coefficient (Wildman–Crippen LogP) is 3.15. The number of esters is 1. The van der Waals surface area contributed by atoms with Gasteiger partial charge in [0.1, 0.15) is 16.8 Å². The molecule has 3 atom stereocenters. The van der Waals surface area contributed by atoms with Gasteiger partial charge in [0, 0.05) is 6.42 Å². The summed E-state index contributed by atoms with van der Waals surface area (Å²) in [6.45, 7) is 11.1. The van der Waals surface area contributed by atoms with Gasteiger partial charge in [0.2, 0.25) is 5.91 Å². The molecule has 150 valence electrons. The molecule has 0 bridgehead atoms. The van der Waals surface area contributed by atoms with Crippen LogP contribution >= 0.6 is 0 Å². The molecule has 27 heavy (non-hydrogen) atoms. The van der Waals surface area contributed by atoms with Crippen molar-refractivity contribution < 1.29 is 23.3 Å². The molecule has 7 heteroatoms. The van der Waals surface area contributed by atoms with Crippen molar-refractivity contribution in [3.05, 3.63) is 23.8 Å². The first-order valence-corrected chi connectivity index (χ1v) is 10.4. The van der Waals surface area contributed by atoms with Crippen LogP contribution in [0.5, 0.6) is 5.75 Å². The van der Waals surface area contributed by atoms with Crippen LogP contribution in [0, 0.1) is 11.3 Å². The van der Waals surface area contributed by atoms with E-state index in [1.165, 1.54) is 0 Å². The summed E-state index contributed by atoms with van der Waals surface area (Å²) >= 11 is 0. The normalized spacial score (nSPS) is 17.9. The van der Waals surface area contributed by atoms with Crippen LogP contribution in [-0.2, 0) is 31.7 Å². The summed E-state index contributed by atoms with van der Waals surface area (Å²) in [5.41, 5.74) is -1.19. The lowest BCUT2D eigenvalue weighted by molar-refractivity contribution is -0.173. The number of amides is 1. The summed E-state index contributed by atoms with van der Waals surface area (Å²) in [5.74, 6) is -0.708. The van der Waals surface area contributed by atoms with E-state index in [1.54, 1.807) is 45.9 Å². The molecule has 0 aliphatic carbocycles. The van der Waals surface area contributed by atoms with Crippen LogP contribution < -0.4 is 9.46 Å². The molecule has 0 saturated carbocycles. The second-order valence-electron chi connectivity index (χ2n) is 8.08. The van der Waals surface area contributed by atoms with E-state index >= 15 is 0 Å². The van der Waals surface area contributed by atoms with Gasteiger partial charge in [0.15, 0.2) is 11.0 Å². The molecule has 0 saturated heterocycles. The number of fused-ring (bicyclic) bond motifs is 1. The minimum Gasteiger partial charge on any atom is -0.493 e. The van der Waals surface area contributed by atoms with Gasteiger partial charge in [-0.1, -0.05) is 20.3 Å². The van der Waals surface area contributed by atoms with Crippen molar-refractivity contribution in [3.63, 3.8) is 0 Å². The molecular weight excluding hydrogens is 366 g/mol. The predicted molar refractivity (Wildman–Crippen MR) is 104 cm³/mol. The Labute approximate surface area is 163 Å². The molecule has 1 amide bonds. The van der Waals surface area contributed by atoms with Crippen molar-refractivity contribution in [1.82, 2.24) is 4.72 Å². The van der Waals surface area contributed by atoms with Crippen LogP contribution in [0.25, 0.3) is 0 Å². The number of rotatable bonds is 6. The van der Waals surface area contributed by atoms with Gasteiger partial charge >= 0.3 is 5.97 Å². The zero-order valence-electron chi connectivity index (χ0n) is 16.9.